The predicted octanol–water partition coefficient (Wildman–Crippen LogP) is 7.97. The molecule has 3 heteroatoms. The molecule has 1 aliphatic rings. The smallest absolute Gasteiger partial charge is 0.140 e. The van der Waals surface area contributed by atoms with Gasteiger partial charge >= 0.3 is 0 Å². The highest BCUT2D eigenvalue weighted by Gasteiger charge is 2.36. The van der Waals surface area contributed by atoms with Crippen molar-refractivity contribution in [3.05, 3.63) is 24.3 Å². The molecule has 1 atom stereocenters. The van der Waals surface area contributed by atoms with Crippen molar-refractivity contribution in [2.45, 2.75) is 152 Å². The maximum atomic E-state index is 6.00. The SMILES string of the molecule is C#CC[N+](CCCCCCCCCCCC)(CCCCCCCCCCCC)CC1(I)C=CC=CC1.[Cl-]. The van der Waals surface area contributed by atoms with E-state index in [9.17, 15) is 0 Å². The van der Waals surface area contributed by atoms with Crippen molar-refractivity contribution in [2.75, 3.05) is 26.2 Å². The van der Waals surface area contributed by atoms with Crippen LogP contribution in [0.15, 0.2) is 24.3 Å². The molecule has 0 radical (unpaired) electrons. The fraction of sp³-hybridized carbons (Fsp3) is 0.824. The molecule has 0 saturated heterocycles. The molecule has 37 heavy (non-hydrogen) atoms. The van der Waals surface area contributed by atoms with Crippen LogP contribution in [0.5, 0.6) is 0 Å². The summed E-state index contributed by atoms with van der Waals surface area (Å²) in [7, 11) is 0. The average Bonchev–Trinajstić information content (AvgIpc) is 2.86. The molecule has 0 aromatic rings. The van der Waals surface area contributed by atoms with Crippen LogP contribution in [-0.4, -0.2) is 34.1 Å². The van der Waals surface area contributed by atoms with Crippen LogP contribution in [0, 0.1) is 12.3 Å². The summed E-state index contributed by atoms with van der Waals surface area (Å²) in [5.41, 5.74) is 0. The molecule has 0 aliphatic heterocycles. The zero-order valence-electron chi connectivity index (χ0n) is 24.8. The molecule has 0 amide bonds. The van der Waals surface area contributed by atoms with Gasteiger partial charge in [-0.3, -0.25) is 0 Å². The summed E-state index contributed by atoms with van der Waals surface area (Å²) < 4.78 is 1.35. The number of quaternary nitrogens is 1. The number of alkyl halides is 1. The highest BCUT2D eigenvalue weighted by Crippen LogP contribution is 2.33. The van der Waals surface area contributed by atoms with E-state index in [2.05, 4.69) is 66.7 Å². The Bertz CT molecular complexity index is 583. The third-order valence-corrected chi connectivity index (χ3v) is 9.24. The van der Waals surface area contributed by atoms with Crippen molar-refractivity contribution in [3.8, 4) is 12.3 Å². The summed E-state index contributed by atoms with van der Waals surface area (Å²) in [6, 6.07) is 0. The molecule has 1 aliphatic carbocycles. The lowest BCUT2D eigenvalue weighted by molar-refractivity contribution is -0.922. The lowest BCUT2D eigenvalue weighted by Crippen LogP contribution is -3.00. The van der Waals surface area contributed by atoms with Gasteiger partial charge < -0.3 is 16.9 Å². The highest BCUT2D eigenvalue weighted by molar-refractivity contribution is 14.1. The van der Waals surface area contributed by atoms with Crippen LogP contribution in [0.1, 0.15) is 149 Å². The fourth-order valence-electron chi connectivity index (χ4n) is 5.86. The fourth-order valence-corrected chi connectivity index (χ4v) is 7.05. The number of rotatable bonds is 25. The summed E-state index contributed by atoms with van der Waals surface area (Å²) in [6.45, 7) is 9.22. The minimum absolute atomic E-state index is 0. The quantitative estimate of drug-likeness (QED) is 0.0311. The van der Waals surface area contributed by atoms with Gasteiger partial charge in [0.1, 0.15) is 6.54 Å². The number of nitrogens with zero attached hydrogens (tertiary/aromatic N) is 1. The van der Waals surface area contributed by atoms with E-state index in [-0.39, 0.29) is 15.8 Å². The van der Waals surface area contributed by atoms with E-state index in [4.69, 9.17) is 6.42 Å². The standard InChI is InChI=1S/C34H61IN.ClH/c1-4-7-9-11-13-15-17-19-21-26-31-36(30-6-3,33-34(35)28-24-23-25-29-34)32-27-22-20-18-16-14-12-10-8-5-2;/h3,23-25,28H,4-5,7-22,26-27,29-33H2,1-2H3;1H/q+1;/p-1. The number of hydrogen-bond acceptors (Lipinski definition) is 0. The maximum absolute atomic E-state index is 6.00. The first-order chi connectivity index (χ1) is 17.6. The first kappa shape index (κ1) is 37.0. The topological polar surface area (TPSA) is 0 Å². The lowest BCUT2D eigenvalue weighted by atomic mass is 9.97. The Labute approximate surface area is 253 Å². The molecule has 0 N–H and O–H groups in total. The van der Waals surface area contributed by atoms with Gasteiger partial charge in [-0.05, 0) is 38.0 Å². The van der Waals surface area contributed by atoms with Crippen LogP contribution in [0.25, 0.3) is 0 Å². The molecular weight excluding hydrogens is 585 g/mol. The summed E-state index contributed by atoms with van der Waals surface area (Å²) >= 11 is 2.72. The molecule has 0 aromatic heterocycles. The van der Waals surface area contributed by atoms with Crippen LogP contribution in [0.2, 0.25) is 0 Å². The van der Waals surface area contributed by atoms with E-state index in [1.54, 1.807) is 0 Å². The molecule has 1 unspecified atom stereocenters. The largest absolute Gasteiger partial charge is 1.00 e. The molecular formula is C34H61ClIN. The number of hydrogen-bond donors (Lipinski definition) is 0. The van der Waals surface area contributed by atoms with Gasteiger partial charge in [0.2, 0.25) is 0 Å². The zero-order valence-corrected chi connectivity index (χ0v) is 27.7. The summed E-state index contributed by atoms with van der Waals surface area (Å²) in [5, 5.41) is 0. The molecule has 0 fully saturated rings. The number of terminal acetylenes is 1. The number of unbranched alkanes of at least 4 members (excludes halogenated alkanes) is 18. The van der Waals surface area contributed by atoms with Crippen molar-refractivity contribution in [1.82, 2.24) is 0 Å². The van der Waals surface area contributed by atoms with Crippen molar-refractivity contribution >= 4 is 22.6 Å². The second-order valence-electron chi connectivity index (χ2n) is 11.7. The Kier molecular flexibility index (Phi) is 25.0. The Hall–Kier alpha value is 0.0200. The van der Waals surface area contributed by atoms with E-state index < -0.39 is 0 Å². The summed E-state index contributed by atoms with van der Waals surface area (Å²) in [4.78, 5) is 0. The predicted molar refractivity (Wildman–Crippen MR) is 172 cm³/mol. The van der Waals surface area contributed by atoms with E-state index in [0.29, 0.717) is 0 Å². The van der Waals surface area contributed by atoms with Crippen molar-refractivity contribution in [2.24, 2.45) is 0 Å². The van der Waals surface area contributed by atoms with Gasteiger partial charge in [-0.2, -0.15) is 0 Å². The monoisotopic (exact) mass is 645 g/mol. The average molecular weight is 646 g/mol. The molecule has 0 heterocycles. The third-order valence-electron chi connectivity index (χ3n) is 8.10. The molecule has 0 spiro atoms. The molecule has 0 bridgehead atoms. The summed E-state index contributed by atoms with van der Waals surface area (Å²) in [5.74, 6) is 3.11. The van der Waals surface area contributed by atoms with Gasteiger partial charge in [0.25, 0.3) is 0 Å². The van der Waals surface area contributed by atoms with Crippen LogP contribution >= 0.6 is 22.6 Å². The minimum atomic E-state index is 0. The van der Waals surface area contributed by atoms with E-state index in [0.717, 1.165) is 17.4 Å². The molecule has 216 valence electrons. The summed E-state index contributed by atoms with van der Waals surface area (Å²) in [6.07, 6.45) is 44.5. The number of halogens is 2. The van der Waals surface area contributed by atoms with Gasteiger partial charge in [-0.25, -0.2) is 0 Å². The molecule has 0 aromatic carbocycles. The van der Waals surface area contributed by atoms with Crippen LogP contribution in [-0.2, 0) is 0 Å². The Morgan fingerprint density at radius 3 is 1.43 bits per heavy atom. The van der Waals surface area contributed by atoms with Crippen molar-refractivity contribution in [1.29, 1.82) is 0 Å². The van der Waals surface area contributed by atoms with Crippen LogP contribution in [0.4, 0.5) is 0 Å². The van der Waals surface area contributed by atoms with Gasteiger partial charge in [-0.15, -0.1) is 6.42 Å². The highest BCUT2D eigenvalue weighted by atomic mass is 127. The Morgan fingerprint density at radius 2 is 1.08 bits per heavy atom. The first-order valence-electron chi connectivity index (χ1n) is 15.9. The molecule has 0 saturated carbocycles. The zero-order chi connectivity index (χ0) is 26.2. The Balaban J connectivity index is 0.0000130. The molecule has 1 nitrogen and oxygen atoms in total. The minimum Gasteiger partial charge on any atom is -1.00 e. The van der Waals surface area contributed by atoms with Gasteiger partial charge in [0.15, 0.2) is 0 Å². The Morgan fingerprint density at radius 1 is 0.676 bits per heavy atom. The van der Waals surface area contributed by atoms with Crippen molar-refractivity contribution in [3.63, 3.8) is 0 Å². The second-order valence-corrected chi connectivity index (χ2v) is 13.8. The van der Waals surface area contributed by atoms with Gasteiger partial charge in [-0.1, -0.05) is 163 Å². The van der Waals surface area contributed by atoms with Crippen molar-refractivity contribution < 1.29 is 16.9 Å². The van der Waals surface area contributed by atoms with E-state index >= 15 is 0 Å². The normalized spacial score (nSPS) is 17.0. The first-order valence-corrected chi connectivity index (χ1v) is 17.0. The van der Waals surface area contributed by atoms with Gasteiger partial charge in [0, 0.05) is 0 Å². The van der Waals surface area contributed by atoms with Crippen LogP contribution < -0.4 is 12.4 Å². The number of allylic oxidation sites excluding steroid dienone is 3. The third kappa shape index (κ3) is 19.7. The molecule has 1 rings (SSSR count). The van der Waals surface area contributed by atoms with E-state index in [1.165, 1.54) is 148 Å². The lowest BCUT2D eigenvalue weighted by Gasteiger charge is -2.42. The van der Waals surface area contributed by atoms with Gasteiger partial charge in [0.05, 0.1) is 23.1 Å². The van der Waals surface area contributed by atoms with Crippen LogP contribution in [0.3, 0.4) is 0 Å². The van der Waals surface area contributed by atoms with E-state index in [1.807, 2.05) is 0 Å². The second kappa shape index (κ2) is 25.0. The maximum Gasteiger partial charge on any atom is 0.140 e.